The van der Waals surface area contributed by atoms with Gasteiger partial charge in [-0.05, 0) is 49.7 Å². The second kappa shape index (κ2) is 4.97. The summed E-state index contributed by atoms with van der Waals surface area (Å²) in [5, 5.41) is 8.96. The lowest BCUT2D eigenvalue weighted by Crippen LogP contribution is -2.18. The number of hydrogen-bond donors (Lipinski definition) is 1. The molecular formula is C12H14BrNO2. The summed E-state index contributed by atoms with van der Waals surface area (Å²) in [5.74, 6) is -0.871. The Morgan fingerprint density at radius 1 is 1.31 bits per heavy atom. The summed E-state index contributed by atoms with van der Waals surface area (Å²) in [4.78, 5) is 13.3. The standard InChI is InChI=1S/C12H14BrNO2/c13-11-6-9(5-10(7-11)12(15)16)8-14-3-1-2-4-14/h5-7H,1-4,8H2,(H,15,16). The first-order valence-electron chi connectivity index (χ1n) is 5.40. The van der Waals surface area contributed by atoms with Crippen molar-refractivity contribution in [3.8, 4) is 0 Å². The molecule has 0 saturated carbocycles. The second-order valence-corrected chi connectivity index (χ2v) is 5.05. The zero-order valence-corrected chi connectivity index (χ0v) is 10.5. The van der Waals surface area contributed by atoms with Gasteiger partial charge in [-0.2, -0.15) is 0 Å². The van der Waals surface area contributed by atoms with Gasteiger partial charge in [-0.3, -0.25) is 4.90 Å². The molecule has 3 nitrogen and oxygen atoms in total. The molecule has 0 bridgehead atoms. The molecule has 86 valence electrons. The Labute approximate surface area is 103 Å². The first-order valence-corrected chi connectivity index (χ1v) is 6.19. The van der Waals surface area contributed by atoms with Gasteiger partial charge in [0.2, 0.25) is 0 Å². The third-order valence-electron chi connectivity index (χ3n) is 2.81. The van der Waals surface area contributed by atoms with E-state index in [0.29, 0.717) is 5.56 Å². The SMILES string of the molecule is O=C(O)c1cc(Br)cc(CN2CCCC2)c1. The average Bonchev–Trinajstić information content (AvgIpc) is 2.69. The maximum Gasteiger partial charge on any atom is 0.335 e. The van der Waals surface area contributed by atoms with Crippen molar-refractivity contribution in [3.05, 3.63) is 33.8 Å². The van der Waals surface area contributed by atoms with Crippen molar-refractivity contribution >= 4 is 21.9 Å². The topological polar surface area (TPSA) is 40.5 Å². The van der Waals surface area contributed by atoms with Gasteiger partial charge < -0.3 is 5.11 Å². The third-order valence-corrected chi connectivity index (χ3v) is 3.27. The highest BCUT2D eigenvalue weighted by Crippen LogP contribution is 2.19. The van der Waals surface area contributed by atoms with Crippen LogP contribution in [0.5, 0.6) is 0 Å². The van der Waals surface area contributed by atoms with Crippen LogP contribution >= 0.6 is 15.9 Å². The smallest absolute Gasteiger partial charge is 0.335 e. The number of nitrogens with zero attached hydrogens (tertiary/aromatic N) is 1. The predicted molar refractivity (Wildman–Crippen MR) is 65.6 cm³/mol. The molecule has 0 aliphatic carbocycles. The molecule has 0 unspecified atom stereocenters. The lowest BCUT2D eigenvalue weighted by molar-refractivity contribution is 0.0696. The van der Waals surface area contributed by atoms with Gasteiger partial charge in [0.25, 0.3) is 0 Å². The van der Waals surface area contributed by atoms with Crippen molar-refractivity contribution in [2.45, 2.75) is 19.4 Å². The summed E-state index contributed by atoms with van der Waals surface area (Å²) in [6.45, 7) is 3.09. The molecule has 16 heavy (non-hydrogen) atoms. The number of aromatic carboxylic acids is 1. The summed E-state index contributed by atoms with van der Waals surface area (Å²) >= 11 is 3.35. The van der Waals surface area contributed by atoms with E-state index >= 15 is 0 Å². The van der Waals surface area contributed by atoms with E-state index in [4.69, 9.17) is 5.11 Å². The summed E-state index contributed by atoms with van der Waals surface area (Å²) in [6, 6.07) is 5.38. The monoisotopic (exact) mass is 283 g/mol. The Bertz CT molecular complexity index is 400. The number of rotatable bonds is 3. The van der Waals surface area contributed by atoms with Crippen LogP contribution < -0.4 is 0 Å². The van der Waals surface area contributed by atoms with E-state index in [1.807, 2.05) is 6.07 Å². The van der Waals surface area contributed by atoms with Crippen LogP contribution in [0.1, 0.15) is 28.8 Å². The summed E-state index contributed by atoms with van der Waals surface area (Å²) < 4.78 is 0.835. The maximum atomic E-state index is 10.9. The van der Waals surface area contributed by atoms with Crippen LogP contribution in [0.15, 0.2) is 22.7 Å². The number of hydrogen-bond acceptors (Lipinski definition) is 2. The van der Waals surface area contributed by atoms with Crippen molar-refractivity contribution in [2.24, 2.45) is 0 Å². The van der Waals surface area contributed by atoms with Gasteiger partial charge in [-0.25, -0.2) is 4.79 Å². The molecular weight excluding hydrogens is 270 g/mol. The van der Waals surface area contributed by atoms with Gasteiger partial charge in [0.1, 0.15) is 0 Å². The van der Waals surface area contributed by atoms with Crippen molar-refractivity contribution in [1.29, 1.82) is 0 Å². The van der Waals surface area contributed by atoms with Gasteiger partial charge in [0.05, 0.1) is 5.56 Å². The fraction of sp³-hybridized carbons (Fsp3) is 0.417. The number of carbonyl (C=O) groups is 1. The maximum absolute atomic E-state index is 10.9. The zero-order valence-electron chi connectivity index (χ0n) is 8.95. The Kier molecular flexibility index (Phi) is 3.61. The van der Waals surface area contributed by atoms with E-state index in [2.05, 4.69) is 20.8 Å². The summed E-state index contributed by atoms with van der Waals surface area (Å²) in [5.41, 5.74) is 1.41. The number of likely N-dealkylation sites (tertiary alicyclic amines) is 1. The largest absolute Gasteiger partial charge is 0.478 e. The van der Waals surface area contributed by atoms with Gasteiger partial charge in [-0.15, -0.1) is 0 Å². The molecule has 4 heteroatoms. The molecule has 1 saturated heterocycles. The molecule has 0 amide bonds. The molecule has 1 N–H and O–H groups in total. The van der Waals surface area contributed by atoms with E-state index < -0.39 is 5.97 Å². The normalized spacial score (nSPS) is 16.6. The molecule has 1 aromatic carbocycles. The van der Waals surface area contributed by atoms with Gasteiger partial charge in [0.15, 0.2) is 0 Å². The molecule has 1 aliphatic heterocycles. The van der Waals surface area contributed by atoms with Crippen molar-refractivity contribution in [3.63, 3.8) is 0 Å². The lowest BCUT2D eigenvalue weighted by atomic mass is 10.1. The highest BCUT2D eigenvalue weighted by Gasteiger charge is 2.13. The molecule has 2 rings (SSSR count). The number of halogens is 1. The molecule has 0 spiro atoms. The van der Waals surface area contributed by atoms with Crippen molar-refractivity contribution in [1.82, 2.24) is 4.90 Å². The van der Waals surface area contributed by atoms with E-state index in [-0.39, 0.29) is 0 Å². The van der Waals surface area contributed by atoms with Crippen LogP contribution in [0, 0.1) is 0 Å². The van der Waals surface area contributed by atoms with Crippen LogP contribution in [0.4, 0.5) is 0 Å². The summed E-state index contributed by atoms with van der Waals surface area (Å²) in [7, 11) is 0. The van der Waals surface area contributed by atoms with E-state index in [9.17, 15) is 4.79 Å². The van der Waals surface area contributed by atoms with E-state index in [1.54, 1.807) is 12.1 Å². The fourth-order valence-corrected chi connectivity index (χ4v) is 2.60. The Hall–Kier alpha value is -0.870. The Morgan fingerprint density at radius 2 is 2.00 bits per heavy atom. The van der Waals surface area contributed by atoms with E-state index in [1.165, 1.54) is 12.8 Å². The first-order chi connectivity index (χ1) is 7.65. The highest BCUT2D eigenvalue weighted by atomic mass is 79.9. The third kappa shape index (κ3) is 2.83. The quantitative estimate of drug-likeness (QED) is 0.927. The molecule has 1 aliphatic rings. The lowest BCUT2D eigenvalue weighted by Gasteiger charge is -2.15. The number of carboxylic acids is 1. The Balaban J connectivity index is 2.16. The minimum Gasteiger partial charge on any atom is -0.478 e. The van der Waals surface area contributed by atoms with Crippen LogP contribution in [-0.2, 0) is 6.54 Å². The predicted octanol–water partition coefficient (Wildman–Crippen LogP) is 2.74. The highest BCUT2D eigenvalue weighted by molar-refractivity contribution is 9.10. The van der Waals surface area contributed by atoms with E-state index in [0.717, 1.165) is 29.7 Å². The molecule has 0 radical (unpaired) electrons. The molecule has 1 fully saturated rings. The summed E-state index contributed by atoms with van der Waals surface area (Å²) in [6.07, 6.45) is 2.50. The minimum atomic E-state index is -0.871. The minimum absolute atomic E-state index is 0.351. The van der Waals surface area contributed by atoms with Crippen LogP contribution in [0.3, 0.4) is 0 Å². The second-order valence-electron chi connectivity index (χ2n) is 4.14. The van der Waals surface area contributed by atoms with Crippen molar-refractivity contribution in [2.75, 3.05) is 13.1 Å². The number of benzene rings is 1. The fourth-order valence-electron chi connectivity index (χ4n) is 2.06. The molecule has 0 aromatic heterocycles. The van der Waals surface area contributed by atoms with Gasteiger partial charge in [0, 0.05) is 11.0 Å². The van der Waals surface area contributed by atoms with Crippen LogP contribution in [-0.4, -0.2) is 29.1 Å². The molecule has 1 aromatic rings. The van der Waals surface area contributed by atoms with Crippen LogP contribution in [0.25, 0.3) is 0 Å². The first kappa shape index (κ1) is 11.6. The Morgan fingerprint density at radius 3 is 2.62 bits per heavy atom. The van der Waals surface area contributed by atoms with Gasteiger partial charge >= 0.3 is 5.97 Å². The molecule has 1 heterocycles. The van der Waals surface area contributed by atoms with Gasteiger partial charge in [-0.1, -0.05) is 15.9 Å². The van der Waals surface area contributed by atoms with Crippen molar-refractivity contribution < 1.29 is 9.90 Å². The number of carboxylic acid groups (broad SMARTS) is 1. The molecule has 0 atom stereocenters. The van der Waals surface area contributed by atoms with Crippen LogP contribution in [0.2, 0.25) is 0 Å². The zero-order chi connectivity index (χ0) is 11.5. The average molecular weight is 284 g/mol.